The van der Waals surface area contributed by atoms with Crippen molar-refractivity contribution in [2.24, 2.45) is 5.92 Å². The van der Waals surface area contributed by atoms with E-state index in [9.17, 15) is 4.79 Å². The molecule has 1 aliphatic rings. The van der Waals surface area contributed by atoms with Crippen LogP contribution < -0.4 is 4.74 Å². The van der Waals surface area contributed by atoms with E-state index in [0.717, 1.165) is 17.9 Å². The maximum absolute atomic E-state index is 10.8. The smallest absolute Gasteiger partial charge is 0.309 e. The molecule has 4 heteroatoms. The van der Waals surface area contributed by atoms with Gasteiger partial charge in [0.05, 0.1) is 5.92 Å². The van der Waals surface area contributed by atoms with E-state index in [0.29, 0.717) is 13.1 Å². The predicted molar refractivity (Wildman–Crippen MR) is 88.3 cm³/mol. The van der Waals surface area contributed by atoms with Gasteiger partial charge in [-0.3, -0.25) is 9.69 Å². The fourth-order valence-electron chi connectivity index (χ4n) is 2.78. The van der Waals surface area contributed by atoms with Crippen LogP contribution in [0.2, 0.25) is 0 Å². The zero-order chi connectivity index (χ0) is 16.2. The first-order valence-electron chi connectivity index (χ1n) is 7.87. The lowest BCUT2D eigenvalue weighted by Crippen LogP contribution is -2.49. The Labute approximate surface area is 136 Å². The molecule has 0 bridgehead atoms. The van der Waals surface area contributed by atoms with Crippen LogP contribution in [0.3, 0.4) is 0 Å². The molecule has 0 unspecified atom stereocenters. The van der Waals surface area contributed by atoms with E-state index in [4.69, 9.17) is 9.84 Å². The van der Waals surface area contributed by atoms with E-state index in [1.54, 1.807) is 0 Å². The summed E-state index contributed by atoms with van der Waals surface area (Å²) in [7, 11) is 0. The SMILES string of the molecule is C[C@@H](Oc1ccc(CN2CC(C(=O)O)C2)cc1)c1ccccc1. The molecule has 1 N–H and O–H groups in total. The summed E-state index contributed by atoms with van der Waals surface area (Å²) < 4.78 is 5.96. The first-order valence-corrected chi connectivity index (χ1v) is 7.87. The molecule has 0 radical (unpaired) electrons. The van der Waals surface area contributed by atoms with Crippen LogP contribution >= 0.6 is 0 Å². The highest BCUT2D eigenvalue weighted by Gasteiger charge is 2.32. The summed E-state index contributed by atoms with van der Waals surface area (Å²) in [4.78, 5) is 12.9. The fourth-order valence-corrected chi connectivity index (χ4v) is 2.78. The number of hydrogen-bond donors (Lipinski definition) is 1. The van der Waals surface area contributed by atoms with E-state index in [-0.39, 0.29) is 12.0 Å². The Kier molecular flexibility index (Phi) is 4.63. The second kappa shape index (κ2) is 6.84. The zero-order valence-electron chi connectivity index (χ0n) is 13.2. The van der Waals surface area contributed by atoms with Crippen molar-refractivity contribution in [1.82, 2.24) is 4.90 Å². The Bertz CT molecular complexity index is 648. The van der Waals surface area contributed by atoms with Crippen LogP contribution in [0.15, 0.2) is 54.6 Å². The Morgan fingerprint density at radius 1 is 1.17 bits per heavy atom. The predicted octanol–water partition coefficient (Wildman–Crippen LogP) is 3.34. The van der Waals surface area contributed by atoms with Crippen molar-refractivity contribution in [3.63, 3.8) is 0 Å². The van der Waals surface area contributed by atoms with Crippen molar-refractivity contribution in [1.29, 1.82) is 0 Å². The first-order chi connectivity index (χ1) is 11.1. The van der Waals surface area contributed by atoms with Gasteiger partial charge in [0.25, 0.3) is 0 Å². The molecular formula is C19H21NO3. The third-order valence-corrected chi connectivity index (χ3v) is 4.22. The minimum absolute atomic E-state index is 0.00811. The number of nitrogens with zero attached hydrogens (tertiary/aromatic N) is 1. The molecule has 0 aromatic heterocycles. The van der Waals surface area contributed by atoms with E-state index < -0.39 is 5.97 Å². The standard InChI is InChI=1S/C19H21NO3/c1-14(16-5-3-2-4-6-16)23-18-9-7-15(8-10-18)11-20-12-17(13-20)19(21)22/h2-10,14,17H,11-13H2,1H3,(H,21,22)/t14-/m1/s1. The van der Waals surface area contributed by atoms with Gasteiger partial charge in [-0.2, -0.15) is 0 Å². The minimum atomic E-state index is -0.695. The average Bonchev–Trinajstić information content (AvgIpc) is 2.52. The van der Waals surface area contributed by atoms with Crippen LogP contribution in [0, 0.1) is 5.92 Å². The third kappa shape index (κ3) is 3.90. The number of aliphatic carboxylic acids is 1. The number of hydrogen-bond acceptors (Lipinski definition) is 3. The largest absolute Gasteiger partial charge is 0.486 e. The lowest BCUT2D eigenvalue weighted by atomic mass is 10.00. The molecular weight excluding hydrogens is 290 g/mol. The lowest BCUT2D eigenvalue weighted by Gasteiger charge is -2.36. The van der Waals surface area contributed by atoms with Gasteiger partial charge >= 0.3 is 5.97 Å². The summed E-state index contributed by atoms with van der Waals surface area (Å²) in [5.74, 6) is -0.0543. The molecule has 2 aromatic rings. The first kappa shape index (κ1) is 15.6. The highest BCUT2D eigenvalue weighted by atomic mass is 16.5. The summed E-state index contributed by atoms with van der Waals surface area (Å²) in [6.45, 7) is 4.10. The molecule has 23 heavy (non-hydrogen) atoms. The number of likely N-dealkylation sites (tertiary alicyclic amines) is 1. The van der Waals surface area contributed by atoms with Crippen LogP contribution in [0.4, 0.5) is 0 Å². The monoisotopic (exact) mass is 311 g/mol. The summed E-state index contributed by atoms with van der Waals surface area (Å²) in [5, 5.41) is 8.89. The van der Waals surface area contributed by atoms with E-state index >= 15 is 0 Å². The molecule has 3 rings (SSSR count). The van der Waals surface area contributed by atoms with Crippen molar-refractivity contribution in [2.75, 3.05) is 13.1 Å². The molecule has 1 saturated heterocycles. The normalized spacial score (nSPS) is 16.6. The number of carboxylic acids is 1. The number of rotatable bonds is 6. The molecule has 1 heterocycles. The zero-order valence-corrected chi connectivity index (χ0v) is 13.2. The van der Waals surface area contributed by atoms with Gasteiger partial charge < -0.3 is 9.84 Å². The van der Waals surface area contributed by atoms with Crippen LogP contribution in [0.1, 0.15) is 24.2 Å². The van der Waals surface area contributed by atoms with Gasteiger partial charge in [0.15, 0.2) is 0 Å². The Hall–Kier alpha value is -2.33. The van der Waals surface area contributed by atoms with Gasteiger partial charge in [-0.25, -0.2) is 0 Å². The average molecular weight is 311 g/mol. The lowest BCUT2D eigenvalue weighted by molar-refractivity contribution is -0.147. The quantitative estimate of drug-likeness (QED) is 0.889. The second-order valence-corrected chi connectivity index (χ2v) is 6.04. The molecule has 4 nitrogen and oxygen atoms in total. The van der Waals surface area contributed by atoms with Gasteiger partial charge in [0, 0.05) is 19.6 Å². The van der Waals surface area contributed by atoms with Gasteiger partial charge in [-0.05, 0) is 30.2 Å². The van der Waals surface area contributed by atoms with E-state index in [1.165, 1.54) is 5.56 Å². The number of benzene rings is 2. The van der Waals surface area contributed by atoms with Gasteiger partial charge in [-0.1, -0.05) is 42.5 Å². The molecule has 120 valence electrons. The number of ether oxygens (including phenoxy) is 1. The molecule has 0 aliphatic carbocycles. The number of carbonyl (C=O) groups is 1. The van der Waals surface area contributed by atoms with Crippen LogP contribution in [-0.4, -0.2) is 29.1 Å². The summed E-state index contributed by atoms with van der Waals surface area (Å²) in [6.07, 6.45) is 0.00811. The van der Waals surface area contributed by atoms with Crippen molar-refractivity contribution in [3.05, 3.63) is 65.7 Å². The van der Waals surface area contributed by atoms with Crippen molar-refractivity contribution >= 4 is 5.97 Å². The van der Waals surface area contributed by atoms with Crippen molar-refractivity contribution in [3.8, 4) is 5.75 Å². The minimum Gasteiger partial charge on any atom is -0.486 e. The summed E-state index contributed by atoms with van der Waals surface area (Å²) >= 11 is 0. The Morgan fingerprint density at radius 3 is 2.43 bits per heavy atom. The van der Waals surface area contributed by atoms with E-state index in [1.807, 2.05) is 49.4 Å². The third-order valence-electron chi connectivity index (χ3n) is 4.22. The molecule has 1 atom stereocenters. The van der Waals surface area contributed by atoms with Crippen LogP contribution in [-0.2, 0) is 11.3 Å². The molecule has 2 aromatic carbocycles. The second-order valence-electron chi connectivity index (χ2n) is 6.04. The maximum Gasteiger partial charge on any atom is 0.309 e. The van der Waals surface area contributed by atoms with E-state index in [2.05, 4.69) is 17.0 Å². The maximum atomic E-state index is 10.8. The topological polar surface area (TPSA) is 49.8 Å². The van der Waals surface area contributed by atoms with Crippen LogP contribution in [0.5, 0.6) is 5.75 Å². The fraction of sp³-hybridized carbons (Fsp3) is 0.316. The number of carboxylic acid groups (broad SMARTS) is 1. The molecule has 1 aliphatic heterocycles. The van der Waals surface area contributed by atoms with Gasteiger partial charge in [-0.15, -0.1) is 0 Å². The molecule has 0 saturated carbocycles. The highest BCUT2D eigenvalue weighted by molar-refractivity contribution is 5.71. The van der Waals surface area contributed by atoms with Gasteiger partial charge in [0.2, 0.25) is 0 Å². The summed E-state index contributed by atoms with van der Waals surface area (Å²) in [6, 6.07) is 18.2. The Balaban J connectivity index is 1.52. The summed E-state index contributed by atoms with van der Waals surface area (Å²) in [5.41, 5.74) is 2.32. The Morgan fingerprint density at radius 2 is 1.83 bits per heavy atom. The van der Waals surface area contributed by atoms with Crippen LogP contribution in [0.25, 0.3) is 0 Å². The van der Waals surface area contributed by atoms with Crippen molar-refractivity contribution < 1.29 is 14.6 Å². The van der Waals surface area contributed by atoms with Gasteiger partial charge in [0.1, 0.15) is 11.9 Å². The van der Waals surface area contributed by atoms with Crippen molar-refractivity contribution in [2.45, 2.75) is 19.6 Å². The molecule has 0 spiro atoms. The highest BCUT2D eigenvalue weighted by Crippen LogP contribution is 2.23. The molecule has 0 amide bonds. The molecule has 1 fully saturated rings.